The first-order valence-electron chi connectivity index (χ1n) is 7.17. The molecule has 6 N–H and O–H groups in total. The van der Waals surface area contributed by atoms with E-state index < -0.39 is 36.6 Å². The standard InChI is InChI=1S/C15H24N4O4/c1-18(15(23)12(19(2)17)9-13(20)21)11(14(16)22)8-10-6-4-3-5-7-10/h3-7,11-12,14,22H,8-9,16-17H2,1-2H3,(H,20,21)/t11-,12+,14?/m0/s1. The second-order valence-electron chi connectivity index (χ2n) is 5.48. The molecule has 128 valence electrons. The number of rotatable bonds is 8. The lowest BCUT2D eigenvalue weighted by Gasteiger charge is -2.34. The summed E-state index contributed by atoms with van der Waals surface area (Å²) in [5.41, 5.74) is 6.50. The molecule has 0 aromatic heterocycles. The minimum absolute atomic E-state index is 0.342. The van der Waals surface area contributed by atoms with Gasteiger partial charge in [0.2, 0.25) is 5.91 Å². The summed E-state index contributed by atoms with van der Waals surface area (Å²) >= 11 is 0. The third kappa shape index (κ3) is 5.61. The number of carboxylic acid groups (broad SMARTS) is 1. The summed E-state index contributed by atoms with van der Waals surface area (Å²) in [6, 6.07) is 7.54. The van der Waals surface area contributed by atoms with Crippen molar-refractivity contribution >= 4 is 11.9 Å². The molecule has 1 unspecified atom stereocenters. The number of benzene rings is 1. The summed E-state index contributed by atoms with van der Waals surface area (Å²) in [5.74, 6) is 3.93. The van der Waals surface area contributed by atoms with Gasteiger partial charge in [-0.1, -0.05) is 30.3 Å². The van der Waals surface area contributed by atoms with Crippen LogP contribution in [0.5, 0.6) is 0 Å². The number of hydrogen-bond acceptors (Lipinski definition) is 6. The van der Waals surface area contributed by atoms with Crippen molar-refractivity contribution in [2.24, 2.45) is 11.6 Å². The highest BCUT2D eigenvalue weighted by molar-refractivity contribution is 5.86. The molecule has 23 heavy (non-hydrogen) atoms. The summed E-state index contributed by atoms with van der Waals surface area (Å²) in [5, 5.41) is 19.8. The summed E-state index contributed by atoms with van der Waals surface area (Å²) in [7, 11) is 2.90. The number of aliphatic hydroxyl groups excluding tert-OH is 1. The fraction of sp³-hybridized carbons (Fsp3) is 0.467. The predicted molar refractivity (Wildman–Crippen MR) is 84.9 cm³/mol. The zero-order valence-corrected chi connectivity index (χ0v) is 13.3. The van der Waals surface area contributed by atoms with Crippen molar-refractivity contribution in [2.75, 3.05) is 14.1 Å². The quantitative estimate of drug-likeness (QED) is 0.273. The van der Waals surface area contributed by atoms with Crippen molar-refractivity contribution in [3.8, 4) is 0 Å². The second-order valence-corrected chi connectivity index (χ2v) is 5.48. The highest BCUT2D eigenvalue weighted by atomic mass is 16.4. The molecule has 1 aromatic carbocycles. The van der Waals surface area contributed by atoms with Gasteiger partial charge < -0.3 is 20.8 Å². The van der Waals surface area contributed by atoms with E-state index in [0.29, 0.717) is 6.42 Å². The van der Waals surface area contributed by atoms with E-state index in [2.05, 4.69) is 0 Å². The number of aliphatic hydroxyl groups is 1. The van der Waals surface area contributed by atoms with Gasteiger partial charge in [-0.2, -0.15) is 0 Å². The van der Waals surface area contributed by atoms with Crippen LogP contribution in [-0.4, -0.2) is 64.4 Å². The number of nitrogens with zero attached hydrogens (tertiary/aromatic N) is 2. The molecule has 1 rings (SSSR count). The van der Waals surface area contributed by atoms with Crippen LogP contribution in [0.25, 0.3) is 0 Å². The fourth-order valence-electron chi connectivity index (χ4n) is 2.31. The van der Waals surface area contributed by atoms with Gasteiger partial charge in [0, 0.05) is 14.1 Å². The Morgan fingerprint density at radius 2 is 1.78 bits per heavy atom. The van der Waals surface area contributed by atoms with Gasteiger partial charge in [0.1, 0.15) is 12.3 Å². The monoisotopic (exact) mass is 324 g/mol. The van der Waals surface area contributed by atoms with Crippen LogP contribution in [0.1, 0.15) is 12.0 Å². The van der Waals surface area contributed by atoms with Gasteiger partial charge >= 0.3 is 5.97 Å². The van der Waals surface area contributed by atoms with E-state index >= 15 is 0 Å². The summed E-state index contributed by atoms with van der Waals surface area (Å²) in [4.78, 5) is 24.7. The van der Waals surface area contributed by atoms with Crippen LogP contribution in [0, 0.1) is 0 Å². The van der Waals surface area contributed by atoms with E-state index in [1.807, 2.05) is 30.3 Å². The molecule has 0 fully saturated rings. The molecule has 0 saturated carbocycles. The Morgan fingerprint density at radius 3 is 2.22 bits per heavy atom. The molecule has 0 aliphatic carbocycles. The maximum Gasteiger partial charge on any atom is 0.305 e. The second kappa shape index (κ2) is 8.59. The van der Waals surface area contributed by atoms with Gasteiger partial charge in [0.25, 0.3) is 0 Å². The molecular weight excluding hydrogens is 300 g/mol. The molecule has 1 amide bonds. The minimum atomic E-state index is -1.27. The number of aliphatic carboxylic acids is 1. The SMILES string of the molecule is CN(N)[C@H](CC(=O)O)C(=O)N(C)[C@@H](Cc1ccccc1)C(N)O. The average Bonchev–Trinajstić information content (AvgIpc) is 2.49. The lowest BCUT2D eigenvalue weighted by atomic mass is 10.0. The van der Waals surface area contributed by atoms with Crippen LogP contribution < -0.4 is 11.6 Å². The summed E-state index contributed by atoms with van der Waals surface area (Å²) < 4.78 is 0. The zero-order chi connectivity index (χ0) is 17.6. The van der Waals surface area contributed by atoms with E-state index in [4.69, 9.17) is 16.7 Å². The van der Waals surface area contributed by atoms with Crippen molar-refractivity contribution in [3.63, 3.8) is 0 Å². The number of hydrogen-bond donors (Lipinski definition) is 4. The lowest BCUT2D eigenvalue weighted by Crippen LogP contribution is -2.56. The lowest BCUT2D eigenvalue weighted by molar-refractivity contribution is -0.147. The highest BCUT2D eigenvalue weighted by Crippen LogP contribution is 2.13. The fourth-order valence-corrected chi connectivity index (χ4v) is 2.31. The molecule has 0 heterocycles. The van der Waals surface area contributed by atoms with Crippen LogP contribution in [0.3, 0.4) is 0 Å². The van der Waals surface area contributed by atoms with Gasteiger partial charge in [0.15, 0.2) is 0 Å². The maximum atomic E-state index is 12.5. The Morgan fingerprint density at radius 1 is 1.22 bits per heavy atom. The van der Waals surface area contributed by atoms with Crippen molar-refractivity contribution in [2.45, 2.75) is 31.2 Å². The molecular formula is C15H24N4O4. The molecule has 0 bridgehead atoms. The molecule has 1 aromatic rings. The molecule has 3 atom stereocenters. The first-order chi connectivity index (χ1) is 10.7. The van der Waals surface area contributed by atoms with Crippen molar-refractivity contribution in [3.05, 3.63) is 35.9 Å². The normalized spacial score (nSPS) is 15.0. The third-order valence-electron chi connectivity index (χ3n) is 3.67. The number of carboxylic acids is 1. The average molecular weight is 324 g/mol. The van der Waals surface area contributed by atoms with Gasteiger partial charge in [-0.25, -0.2) is 5.01 Å². The number of amides is 1. The van der Waals surface area contributed by atoms with E-state index in [1.165, 1.54) is 19.0 Å². The molecule has 0 spiro atoms. The van der Waals surface area contributed by atoms with Crippen LogP contribution >= 0.6 is 0 Å². The Hall–Kier alpha value is -2.00. The smallest absolute Gasteiger partial charge is 0.305 e. The Labute approximate surface area is 135 Å². The highest BCUT2D eigenvalue weighted by Gasteiger charge is 2.32. The van der Waals surface area contributed by atoms with Crippen LogP contribution in [0.2, 0.25) is 0 Å². The Bertz CT molecular complexity index is 521. The topological polar surface area (TPSA) is 133 Å². The van der Waals surface area contributed by atoms with Crippen LogP contribution in [0.4, 0.5) is 0 Å². The van der Waals surface area contributed by atoms with Crippen molar-refractivity contribution < 1.29 is 19.8 Å². The van der Waals surface area contributed by atoms with Gasteiger partial charge in [-0.3, -0.25) is 15.4 Å². The molecule has 0 aliphatic rings. The first-order valence-corrected chi connectivity index (χ1v) is 7.17. The van der Waals surface area contributed by atoms with E-state index in [0.717, 1.165) is 10.6 Å². The van der Waals surface area contributed by atoms with Crippen molar-refractivity contribution in [1.29, 1.82) is 0 Å². The predicted octanol–water partition coefficient (Wildman–Crippen LogP) is -1.02. The van der Waals surface area contributed by atoms with Gasteiger partial charge in [0.05, 0.1) is 12.5 Å². The number of carbonyl (C=O) groups excluding carboxylic acids is 1. The maximum absolute atomic E-state index is 12.5. The van der Waals surface area contributed by atoms with E-state index in [9.17, 15) is 14.7 Å². The summed E-state index contributed by atoms with van der Waals surface area (Å²) in [6.07, 6.45) is -1.36. The van der Waals surface area contributed by atoms with Gasteiger partial charge in [-0.05, 0) is 12.0 Å². The minimum Gasteiger partial charge on any atom is -0.481 e. The van der Waals surface area contributed by atoms with E-state index in [1.54, 1.807) is 0 Å². The Kier molecular flexibility index (Phi) is 7.11. The van der Waals surface area contributed by atoms with Crippen molar-refractivity contribution in [1.82, 2.24) is 9.91 Å². The molecule has 8 heteroatoms. The number of hydrazine groups is 1. The summed E-state index contributed by atoms with van der Waals surface area (Å²) in [6.45, 7) is 0. The first kappa shape index (κ1) is 19.0. The number of nitrogens with two attached hydrogens (primary N) is 2. The molecule has 0 aliphatic heterocycles. The zero-order valence-electron chi connectivity index (χ0n) is 13.3. The number of likely N-dealkylation sites (N-methyl/N-ethyl adjacent to an activating group) is 2. The van der Waals surface area contributed by atoms with Crippen LogP contribution in [0.15, 0.2) is 30.3 Å². The largest absolute Gasteiger partial charge is 0.481 e. The Balaban J connectivity index is 2.92. The molecule has 0 radical (unpaired) electrons. The van der Waals surface area contributed by atoms with Gasteiger partial charge in [-0.15, -0.1) is 0 Å². The third-order valence-corrected chi connectivity index (χ3v) is 3.67. The molecule has 0 saturated heterocycles. The number of carbonyl (C=O) groups is 2. The van der Waals surface area contributed by atoms with Crippen LogP contribution in [-0.2, 0) is 16.0 Å². The van der Waals surface area contributed by atoms with E-state index in [-0.39, 0.29) is 0 Å². The molecule has 8 nitrogen and oxygen atoms in total.